The van der Waals surface area contributed by atoms with Crippen LogP contribution in [0.5, 0.6) is 0 Å². The number of nitrogens with zero attached hydrogens (tertiary/aromatic N) is 2. The smallest absolute Gasteiger partial charge is 0.372 e. The normalized spacial score (nSPS) is 15.2. The Balaban J connectivity index is 0.00000364. The summed E-state index contributed by atoms with van der Waals surface area (Å²) < 4.78 is 40.7. The molecule has 0 fully saturated rings. The first-order valence-corrected chi connectivity index (χ1v) is 8.92. The van der Waals surface area contributed by atoms with E-state index in [0.29, 0.717) is 13.0 Å². The average molecular weight is 497 g/mol. The number of hydrogen-bond acceptors (Lipinski definition) is 2. The fourth-order valence-corrected chi connectivity index (χ4v) is 2.74. The number of benzene rings is 1. The Kier molecular flexibility index (Phi) is 10.8. The molecule has 1 aromatic carbocycles. The molecule has 0 aromatic heterocycles. The zero-order valence-electron chi connectivity index (χ0n) is 15.5. The van der Waals surface area contributed by atoms with Gasteiger partial charge in [0, 0.05) is 32.8 Å². The van der Waals surface area contributed by atoms with Crippen LogP contribution in [-0.2, 0) is 4.74 Å². The van der Waals surface area contributed by atoms with Crippen LogP contribution in [0.25, 0.3) is 5.57 Å². The van der Waals surface area contributed by atoms with Gasteiger partial charge in [-0.15, -0.1) is 24.0 Å². The van der Waals surface area contributed by atoms with Gasteiger partial charge in [0.25, 0.3) is 0 Å². The van der Waals surface area contributed by atoms with Crippen LogP contribution in [0.2, 0.25) is 0 Å². The third-order valence-electron chi connectivity index (χ3n) is 3.96. The molecule has 1 aliphatic rings. The summed E-state index contributed by atoms with van der Waals surface area (Å²) in [4.78, 5) is 6.67. The number of alkyl halides is 3. The Bertz CT molecular complexity index is 606. The van der Waals surface area contributed by atoms with Crippen molar-refractivity contribution in [1.29, 1.82) is 0 Å². The molecule has 0 spiro atoms. The van der Waals surface area contributed by atoms with Gasteiger partial charge in [0.05, 0.1) is 0 Å². The van der Waals surface area contributed by atoms with Gasteiger partial charge in [-0.25, -0.2) is 0 Å². The number of guanidine groups is 1. The molecule has 0 amide bonds. The number of rotatable bonds is 7. The second-order valence-electron chi connectivity index (χ2n) is 6.05. The number of ether oxygens (including phenoxy) is 1. The largest absolute Gasteiger partial charge is 0.411 e. The van der Waals surface area contributed by atoms with Crippen LogP contribution >= 0.6 is 24.0 Å². The van der Waals surface area contributed by atoms with Gasteiger partial charge in [-0.3, -0.25) is 4.99 Å². The van der Waals surface area contributed by atoms with Crippen molar-refractivity contribution in [2.75, 3.05) is 39.4 Å². The Morgan fingerprint density at radius 1 is 1.26 bits per heavy atom. The number of nitrogens with one attached hydrogen (secondary N) is 1. The lowest BCUT2D eigenvalue weighted by Gasteiger charge is -2.30. The fourth-order valence-electron chi connectivity index (χ4n) is 2.74. The van der Waals surface area contributed by atoms with E-state index in [1.807, 2.05) is 25.1 Å². The first-order valence-electron chi connectivity index (χ1n) is 8.92. The van der Waals surface area contributed by atoms with E-state index in [1.165, 1.54) is 11.1 Å². The lowest BCUT2D eigenvalue weighted by Crippen LogP contribution is -2.43. The van der Waals surface area contributed by atoms with Gasteiger partial charge in [-0.1, -0.05) is 36.4 Å². The highest BCUT2D eigenvalue weighted by molar-refractivity contribution is 14.0. The van der Waals surface area contributed by atoms with E-state index in [9.17, 15) is 13.2 Å². The Labute approximate surface area is 175 Å². The van der Waals surface area contributed by atoms with Gasteiger partial charge in [0.2, 0.25) is 0 Å². The standard InChI is InChI=1S/C19H26F3N3O.HI/c1-2-23-18(24-11-6-14-26-15-19(20,21)22)25-12-9-17(10-13-25)16-7-4-3-5-8-16;/h3-5,7-9H,2,6,10-15H2,1H3,(H,23,24);1H. The van der Waals surface area contributed by atoms with Crippen LogP contribution in [0.1, 0.15) is 25.3 Å². The van der Waals surface area contributed by atoms with Crippen LogP contribution in [0.4, 0.5) is 13.2 Å². The van der Waals surface area contributed by atoms with Gasteiger partial charge < -0.3 is 15.0 Å². The van der Waals surface area contributed by atoms with E-state index in [2.05, 4.69) is 38.2 Å². The van der Waals surface area contributed by atoms with E-state index in [1.54, 1.807) is 0 Å². The third kappa shape index (κ3) is 8.96. The number of aliphatic imine (C=N–C) groups is 1. The summed E-state index contributed by atoms with van der Waals surface area (Å²) in [6.07, 6.45) is -0.667. The summed E-state index contributed by atoms with van der Waals surface area (Å²) in [6, 6.07) is 10.3. The zero-order chi connectivity index (χ0) is 18.8. The third-order valence-corrected chi connectivity index (χ3v) is 3.96. The summed E-state index contributed by atoms with van der Waals surface area (Å²) in [5.74, 6) is 0.798. The monoisotopic (exact) mass is 497 g/mol. The molecular formula is C19H27F3IN3O. The highest BCUT2D eigenvalue weighted by Gasteiger charge is 2.27. The molecule has 152 valence electrons. The zero-order valence-corrected chi connectivity index (χ0v) is 17.8. The minimum atomic E-state index is -4.27. The Morgan fingerprint density at radius 2 is 2.00 bits per heavy atom. The van der Waals surface area contributed by atoms with Crippen molar-refractivity contribution >= 4 is 35.5 Å². The van der Waals surface area contributed by atoms with E-state index >= 15 is 0 Å². The SMILES string of the molecule is CCNC(=NCCCOCC(F)(F)F)N1CC=C(c2ccccc2)CC1.I. The molecule has 1 heterocycles. The minimum absolute atomic E-state index is 0. The van der Waals surface area contributed by atoms with Crippen LogP contribution in [0.3, 0.4) is 0 Å². The molecule has 0 atom stereocenters. The van der Waals surface area contributed by atoms with Gasteiger partial charge >= 0.3 is 6.18 Å². The summed E-state index contributed by atoms with van der Waals surface area (Å²) in [5, 5.41) is 3.25. The molecule has 4 nitrogen and oxygen atoms in total. The maximum absolute atomic E-state index is 12.0. The van der Waals surface area contributed by atoms with E-state index in [4.69, 9.17) is 0 Å². The minimum Gasteiger partial charge on any atom is -0.372 e. The highest BCUT2D eigenvalue weighted by atomic mass is 127. The van der Waals surface area contributed by atoms with Crippen LogP contribution < -0.4 is 5.32 Å². The van der Waals surface area contributed by atoms with E-state index < -0.39 is 12.8 Å². The quantitative estimate of drug-likeness (QED) is 0.264. The van der Waals surface area contributed by atoms with E-state index in [-0.39, 0.29) is 30.6 Å². The second-order valence-corrected chi connectivity index (χ2v) is 6.05. The lowest BCUT2D eigenvalue weighted by atomic mass is 10.00. The van der Waals surface area contributed by atoms with Crippen LogP contribution in [0, 0.1) is 0 Å². The van der Waals surface area contributed by atoms with Crippen molar-refractivity contribution in [1.82, 2.24) is 10.2 Å². The summed E-state index contributed by atoms with van der Waals surface area (Å²) in [6.45, 7) is 3.66. The lowest BCUT2D eigenvalue weighted by molar-refractivity contribution is -0.173. The molecule has 0 aliphatic carbocycles. The maximum atomic E-state index is 12.0. The van der Waals surface area contributed by atoms with Crippen molar-refractivity contribution < 1.29 is 17.9 Å². The highest BCUT2D eigenvalue weighted by Crippen LogP contribution is 2.22. The van der Waals surface area contributed by atoms with Crippen molar-refractivity contribution in [3.63, 3.8) is 0 Å². The molecular weight excluding hydrogens is 470 g/mol. The molecule has 1 N–H and O–H groups in total. The molecule has 0 unspecified atom stereocenters. The molecule has 1 aliphatic heterocycles. The summed E-state index contributed by atoms with van der Waals surface area (Å²) >= 11 is 0. The van der Waals surface area contributed by atoms with Gasteiger partial charge in [-0.2, -0.15) is 13.2 Å². The maximum Gasteiger partial charge on any atom is 0.411 e. The fraction of sp³-hybridized carbons (Fsp3) is 0.526. The molecule has 0 bridgehead atoms. The van der Waals surface area contributed by atoms with Gasteiger partial charge in [0.1, 0.15) is 6.61 Å². The summed E-state index contributed by atoms with van der Waals surface area (Å²) in [5.41, 5.74) is 2.58. The first kappa shape index (κ1) is 23.7. The summed E-state index contributed by atoms with van der Waals surface area (Å²) in [7, 11) is 0. The van der Waals surface area contributed by atoms with Crippen molar-refractivity contribution in [2.24, 2.45) is 4.99 Å². The molecule has 0 saturated carbocycles. The number of hydrogen-bond donors (Lipinski definition) is 1. The Morgan fingerprint density at radius 3 is 2.59 bits per heavy atom. The molecule has 8 heteroatoms. The van der Waals surface area contributed by atoms with Crippen molar-refractivity contribution in [3.8, 4) is 0 Å². The van der Waals surface area contributed by atoms with Crippen molar-refractivity contribution in [2.45, 2.75) is 25.9 Å². The predicted molar refractivity (Wildman–Crippen MR) is 113 cm³/mol. The molecule has 0 saturated heterocycles. The molecule has 2 rings (SSSR count). The van der Waals surface area contributed by atoms with E-state index in [0.717, 1.165) is 32.0 Å². The average Bonchev–Trinajstić information content (AvgIpc) is 2.64. The van der Waals surface area contributed by atoms with Gasteiger partial charge in [0.15, 0.2) is 5.96 Å². The van der Waals surface area contributed by atoms with Crippen LogP contribution in [0.15, 0.2) is 41.4 Å². The second kappa shape index (κ2) is 12.2. The molecule has 0 radical (unpaired) electrons. The Hall–Kier alpha value is -1.29. The first-order chi connectivity index (χ1) is 12.5. The predicted octanol–water partition coefficient (Wildman–Crippen LogP) is 4.33. The number of halogens is 4. The van der Waals surface area contributed by atoms with Crippen molar-refractivity contribution in [3.05, 3.63) is 42.0 Å². The van der Waals surface area contributed by atoms with Gasteiger partial charge in [-0.05, 0) is 30.9 Å². The molecule has 27 heavy (non-hydrogen) atoms. The topological polar surface area (TPSA) is 36.9 Å². The van der Waals surface area contributed by atoms with Crippen LogP contribution in [-0.4, -0.2) is 56.4 Å². The molecule has 1 aromatic rings.